The van der Waals surface area contributed by atoms with Gasteiger partial charge in [-0.25, -0.2) is 0 Å². The molecule has 3 aromatic rings. The topological polar surface area (TPSA) is 65.7 Å². The molecule has 0 atom stereocenters. The minimum absolute atomic E-state index is 0. The third-order valence-corrected chi connectivity index (χ3v) is 3.87. The number of fused-ring (bicyclic) bond motifs is 2. The van der Waals surface area contributed by atoms with Crippen molar-refractivity contribution in [2.24, 2.45) is 7.05 Å². The number of ether oxygens (including phenoxy) is 3. The lowest BCUT2D eigenvalue weighted by atomic mass is 10.1. The molecular formula is C19H18INO5. The normalized spacial score (nSPS) is 10.3. The van der Waals surface area contributed by atoms with E-state index < -0.39 is 11.9 Å². The average molecular weight is 467 g/mol. The van der Waals surface area contributed by atoms with Crippen LogP contribution in [-0.2, 0) is 16.6 Å². The first kappa shape index (κ1) is 19.9. The molecule has 0 unspecified atom stereocenters. The van der Waals surface area contributed by atoms with E-state index in [1.807, 2.05) is 41.9 Å². The summed E-state index contributed by atoms with van der Waals surface area (Å²) in [7, 11) is 3.33. The molecule has 1 aromatic heterocycles. The molecule has 136 valence electrons. The van der Waals surface area contributed by atoms with E-state index in [4.69, 9.17) is 14.2 Å². The number of carbonyl (C=O) groups excluding carboxylic acids is 2. The molecule has 0 radical (unpaired) electrons. The second kappa shape index (κ2) is 7.86. The van der Waals surface area contributed by atoms with Gasteiger partial charge in [-0.05, 0) is 12.1 Å². The molecule has 6 nitrogen and oxygen atoms in total. The average Bonchev–Trinajstić information content (AvgIpc) is 2.56. The maximum absolute atomic E-state index is 11.6. The van der Waals surface area contributed by atoms with Gasteiger partial charge in [0.1, 0.15) is 7.05 Å². The van der Waals surface area contributed by atoms with Crippen molar-refractivity contribution < 1.29 is 52.3 Å². The molecule has 0 amide bonds. The van der Waals surface area contributed by atoms with E-state index in [2.05, 4.69) is 0 Å². The fraction of sp³-hybridized carbons (Fsp3) is 0.211. The molecule has 2 aromatic carbocycles. The molecule has 7 heteroatoms. The molecule has 1 heterocycles. The fourth-order valence-corrected chi connectivity index (χ4v) is 2.93. The highest BCUT2D eigenvalue weighted by Gasteiger charge is 2.25. The van der Waals surface area contributed by atoms with Gasteiger partial charge in [0.05, 0.1) is 12.5 Å². The zero-order valence-corrected chi connectivity index (χ0v) is 17.0. The van der Waals surface area contributed by atoms with E-state index in [0.29, 0.717) is 28.2 Å². The number of aromatic nitrogens is 1. The fourth-order valence-electron chi connectivity index (χ4n) is 2.93. The molecule has 0 N–H and O–H groups in total. The van der Waals surface area contributed by atoms with Crippen LogP contribution in [0.4, 0.5) is 0 Å². The highest BCUT2D eigenvalue weighted by Crippen LogP contribution is 2.41. The third-order valence-electron chi connectivity index (χ3n) is 3.87. The summed E-state index contributed by atoms with van der Waals surface area (Å²) in [5.74, 6) is 0.0346. The number of nitrogens with zero attached hydrogens (tertiary/aromatic N) is 1. The maximum atomic E-state index is 11.6. The first-order chi connectivity index (χ1) is 11.9. The van der Waals surface area contributed by atoms with Crippen molar-refractivity contribution in [2.45, 2.75) is 13.8 Å². The van der Waals surface area contributed by atoms with Crippen molar-refractivity contribution in [3.63, 3.8) is 0 Å². The lowest BCUT2D eigenvalue weighted by molar-refractivity contribution is -0.617. The Labute approximate surface area is 167 Å². The van der Waals surface area contributed by atoms with E-state index in [1.54, 1.807) is 6.07 Å². The maximum Gasteiger partial charge on any atom is 0.308 e. The first-order valence-electron chi connectivity index (χ1n) is 7.71. The van der Waals surface area contributed by atoms with E-state index in [-0.39, 0.29) is 24.0 Å². The van der Waals surface area contributed by atoms with Gasteiger partial charge in [-0.1, -0.05) is 12.1 Å². The Balaban J connectivity index is 0.00000243. The van der Waals surface area contributed by atoms with E-state index in [0.717, 1.165) is 10.9 Å². The first-order valence-corrected chi connectivity index (χ1v) is 7.71. The summed E-state index contributed by atoms with van der Waals surface area (Å²) in [6.07, 6.45) is 0. The van der Waals surface area contributed by atoms with Crippen molar-refractivity contribution in [1.29, 1.82) is 0 Å². The molecule has 0 aliphatic carbocycles. The summed E-state index contributed by atoms with van der Waals surface area (Å²) in [6, 6.07) is 11.2. The van der Waals surface area contributed by atoms with Crippen LogP contribution >= 0.6 is 0 Å². The van der Waals surface area contributed by atoms with Gasteiger partial charge in [-0.2, -0.15) is 4.57 Å². The Morgan fingerprint density at radius 1 is 0.962 bits per heavy atom. The standard InChI is InChI=1S/C19H18NO5.HI/c1-11(21)24-16-10-17(23-4)19(25-12(2)22)14-9-13-7-5-6-8-15(13)20(3)18(14)16;/h5-10H,1-4H3;1H/q+1;/p-1. The molecule has 0 saturated carbocycles. The van der Waals surface area contributed by atoms with Crippen molar-refractivity contribution in [2.75, 3.05) is 7.11 Å². The molecule has 0 spiro atoms. The van der Waals surface area contributed by atoms with Gasteiger partial charge in [0.15, 0.2) is 11.5 Å². The van der Waals surface area contributed by atoms with Gasteiger partial charge in [0.2, 0.25) is 11.3 Å². The van der Waals surface area contributed by atoms with Gasteiger partial charge >= 0.3 is 11.9 Å². The van der Waals surface area contributed by atoms with Gasteiger partial charge in [-0.15, -0.1) is 0 Å². The monoisotopic (exact) mass is 467 g/mol. The quantitative estimate of drug-likeness (QED) is 0.174. The number of pyridine rings is 1. The number of aryl methyl sites for hydroxylation is 1. The van der Waals surface area contributed by atoms with Gasteiger partial charge < -0.3 is 38.2 Å². The van der Waals surface area contributed by atoms with Crippen molar-refractivity contribution in [1.82, 2.24) is 0 Å². The molecule has 0 saturated heterocycles. The lowest BCUT2D eigenvalue weighted by Gasteiger charge is -2.14. The Kier molecular flexibility index (Phi) is 6.01. The molecule has 3 rings (SSSR count). The minimum Gasteiger partial charge on any atom is -1.00 e. The number of halogens is 1. The highest BCUT2D eigenvalue weighted by atomic mass is 127. The predicted octanol–water partition coefficient (Wildman–Crippen LogP) is -0.319. The van der Waals surface area contributed by atoms with Crippen LogP contribution < -0.4 is 42.8 Å². The Bertz CT molecular complexity index is 1020. The van der Waals surface area contributed by atoms with Crippen LogP contribution in [0.25, 0.3) is 21.8 Å². The molecule has 0 aliphatic heterocycles. The summed E-state index contributed by atoms with van der Waals surface area (Å²) in [5, 5.41) is 1.57. The molecular weight excluding hydrogens is 449 g/mol. The number of esters is 2. The van der Waals surface area contributed by atoms with Crippen molar-refractivity contribution >= 4 is 33.7 Å². The zero-order chi connectivity index (χ0) is 18.1. The highest BCUT2D eigenvalue weighted by molar-refractivity contribution is 5.98. The van der Waals surface area contributed by atoms with E-state index in [1.165, 1.54) is 21.0 Å². The summed E-state index contributed by atoms with van der Waals surface area (Å²) in [5.41, 5.74) is 1.58. The molecule has 0 bridgehead atoms. The Morgan fingerprint density at radius 3 is 2.23 bits per heavy atom. The summed E-state index contributed by atoms with van der Waals surface area (Å²) in [4.78, 5) is 23.1. The number of rotatable bonds is 3. The smallest absolute Gasteiger partial charge is 0.308 e. The third kappa shape index (κ3) is 3.57. The molecule has 0 fully saturated rings. The molecule has 0 aliphatic rings. The zero-order valence-electron chi connectivity index (χ0n) is 14.8. The van der Waals surface area contributed by atoms with Gasteiger partial charge in [0, 0.05) is 31.4 Å². The minimum atomic E-state index is -0.462. The Hall–Kier alpha value is -2.42. The number of carbonyl (C=O) groups is 2. The Morgan fingerprint density at radius 2 is 1.62 bits per heavy atom. The van der Waals surface area contributed by atoms with Crippen LogP contribution in [-0.4, -0.2) is 19.0 Å². The van der Waals surface area contributed by atoms with Crippen LogP contribution in [0, 0.1) is 0 Å². The van der Waals surface area contributed by atoms with E-state index >= 15 is 0 Å². The van der Waals surface area contributed by atoms with E-state index in [9.17, 15) is 9.59 Å². The number of benzene rings is 2. The second-order valence-electron chi connectivity index (χ2n) is 5.62. The number of hydrogen-bond acceptors (Lipinski definition) is 5. The van der Waals surface area contributed by atoms with Crippen LogP contribution in [0.2, 0.25) is 0 Å². The number of para-hydroxylation sites is 1. The van der Waals surface area contributed by atoms with Crippen molar-refractivity contribution in [3.05, 3.63) is 36.4 Å². The van der Waals surface area contributed by atoms with Crippen LogP contribution in [0.5, 0.6) is 17.2 Å². The largest absolute Gasteiger partial charge is 1.00 e. The SMILES string of the molecule is COc1cc(OC(C)=O)c2c(cc3ccccc3[n+]2C)c1OC(C)=O.[I-]. The van der Waals surface area contributed by atoms with Gasteiger partial charge in [-0.3, -0.25) is 9.59 Å². The number of methoxy groups -OCH3 is 1. The summed E-state index contributed by atoms with van der Waals surface area (Å²) < 4.78 is 18.0. The lowest BCUT2D eigenvalue weighted by Crippen LogP contribution is -3.00. The van der Waals surface area contributed by atoms with Crippen LogP contribution in [0.1, 0.15) is 13.8 Å². The number of hydrogen-bond donors (Lipinski definition) is 0. The summed E-state index contributed by atoms with van der Waals surface area (Å²) in [6.45, 7) is 2.66. The predicted molar refractivity (Wildman–Crippen MR) is 91.8 cm³/mol. The second-order valence-corrected chi connectivity index (χ2v) is 5.62. The molecule has 26 heavy (non-hydrogen) atoms. The van der Waals surface area contributed by atoms with Crippen LogP contribution in [0.3, 0.4) is 0 Å². The van der Waals surface area contributed by atoms with Gasteiger partial charge in [0.25, 0.3) is 5.52 Å². The van der Waals surface area contributed by atoms with Crippen LogP contribution in [0.15, 0.2) is 36.4 Å². The van der Waals surface area contributed by atoms with Crippen molar-refractivity contribution in [3.8, 4) is 17.2 Å². The summed E-state index contributed by atoms with van der Waals surface area (Å²) >= 11 is 0.